The minimum atomic E-state index is -0.519. The Bertz CT molecular complexity index is 1730. The first-order chi connectivity index (χ1) is 18.9. The van der Waals surface area contributed by atoms with Crippen molar-refractivity contribution in [1.82, 2.24) is 4.57 Å². The van der Waals surface area contributed by atoms with Gasteiger partial charge in [-0.25, -0.2) is 0 Å². The van der Waals surface area contributed by atoms with E-state index in [0.29, 0.717) is 27.8 Å². The molecule has 3 heterocycles. The van der Waals surface area contributed by atoms with E-state index in [1.807, 2.05) is 35.0 Å². The highest BCUT2D eigenvalue weighted by Crippen LogP contribution is 2.38. The molecule has 2 aliphatic rings. The van der Waals surface area contributed by atoms with Gasteiger partial charge in [0.2, 0.25) is 12.7 Å². The standard InChI is InChI=1S/C27H18N4O6S2/c32-25(28-17-8-9-22-23(11-17)37-15-36-22)14-29-13-16(20-6-1-2-7-21(20)29)10-24-26(33)30(27(38)39-24)18-4-3-5-19(12-18)31(34)35/h1-13H,14-15H2,(H,28,32)/b24-10+. The third-order valence-electron chi connectivity index (χ3n) is 6.17. The molecule has 6 rings (SSSR count). The Labute approximate surface area is 230 Å². The SMILES string of the molecule is O=C(Cn1cc(/C=C2/SC(=S)N(c3cccc([N+](=O)[O-])c3)C2=O)c2ccccc21)Nc1ccc2c(c1)OCO2. The molecule has 39 heavy (non-hydrogen) atoms. The van der Waals surface area contributed by atoms with E-state index in [2.05, 4.69) is 5.32 Å². The summed E-state index contributed by atoms with van der Waals surface area (Å²) in [5, 5.41) is 14.9. The van der Waals surface area contributed by atoms with Crippen LogP contribution in [0.5, 0.6) is 11.5 Å². The number of amides is 2. The highest BCUT2D eigenvalue weighted by Gasteiger charge is 2.34. The van der Waals surface area contributed by atoms with Gasteiger partial charge in [-0.05, 0) is 30.3 Å². The fourth-order valence-electron chi connectivity index (χ4n) is 4.43. The number of nitrogens with one attached hydrogen (secondary N) is 1. The number of nitrogens with zero attached hydrogens (tertiary/aromatic N) is 3. The van der Waals surface area contributed by atoms with Crippen LogP contribution in [0.3, 0.4) is 0 Å². The average molecular weight is 559 g/mol. The van der Waals surface area contributed by atoms with Crippen molar-refractivity contribution in [3.05, 3.63) is 93.5 Å². The van der Waals surface area contributed by atoms with Crippen LogP contribution in [0, 0.1) is 10.1 Å². The minimum absolute atomic E-state index is 0.0391. The monoisotopic (exact) mass is 558 g/mol. The van der Waals surface area contributed by atoms with Crippen LogP contribution in [0.15, 0.2) is 77.8 Å². The van der Waals surface area contributed by atoms with Gasteiger partial charge in [0.05, 0.1) is 15.5 Å². The molecule has 1 aromatic heterocycles. The number of nitro groups is 1. The van der Waals surface area contributed by atoms with Crippen LogP contribution in [-0.2, 0) is 16.1 Å². The second-order valence-electron chi connectivity index (χ2n) is 8.64. The number of nitro benzene ring substituents is 1. The molecule has 2 aliphatic heterocycles. The molecule has 12 heteroatoms. The third-order valence-corrected chi connectivity index (χ3v) is 7.47. The van der Waals surface area contributed by atoms with Crippen LogP contribution >= 0.6 is 24.0 Å². The Morgan fingerprint density at radius 3 is 2.77 bits per heavy atom. The molecular formula is C27H18N4O6S2. The number of carbonyl (C=O) groups excluding carboxylic acids is 2. The van der Waals surface area contributed by atoms with Gasteiger partial charge in [0.25, 0.3) is 11.6 Å². The Hall–Kier alpha value is -4.68. The lowest BCUT2D eigenvalue weighted by atomic mass is 10.1. The second kappa shape index (κ2) is 9.89. The Morgan fingerprint density at radius 2 is 1.92 bits per heavy atom. The first-order valence-corrected chi connectivity index (χ1v) is 12.9. The number of hydrogen-bond acceptors (Lipinski definition) is 8. The van der Waals surface area contributed by atoms with E-state index in [0.717, 1.165) is 28.2 Å². The van der Waals surface area contributed by atoms with Crippen molar-refractivity contribution in [2.75, 3.05) is 17.0 Å². The van der Waals surface area contributed by atoms with Crippen molar-refractivity contribution in [2.24, 2.45) is 0 Å². The van der Waals surface area contributed by atoms with E-state index in [1.165, 1.54) is 23.1 Å². The molecule has 0 bridgehead atoms. The summed E-state index contributed by atoms with van der Waals surface area (Å²) < 4.78 is 12.8. The molecule has 0 unspecified atom stereocenters. The van der Waals surface area contributed by atoms with Crippen molar-refractivity contribution >= 4 is 74.2 Å². The lowest BCUT2D eigenvalue weighted by Gasteiger charge is -2.13. The number of rotatable bonds is 6. The van der Waals surface area contributed by atoms with Gasteiger partial charge in [-0.2, -0.15) is 0 Å². The number of fused-ring (bicyclic) bond motifs is 2. The molecule has 0 atom stereocenters. The number of carbonyl (C=O) groups is 2. The highest BCUT2D eigenvalue weighted by molar-refractivity contribution is 8.27. The van der Waals surface area contributed by atoms with Gasteiger partial charge < -0.3 is 19.4 Å². The normalized spacial score (nSPS) is 15.4. The molecule has 2 amide bonds. The Balaban J connectivity index is 1.26. The second-order valence-corrected chi connectivity index (χ2v) is 10.3. The highest BCUT2D eigenvalue weighted by atomic mass is 32.2. The summed E-state index contributed by atoms with van der Waals surface area (Å²) in [7, 11) is 0. The van der Waals surface area contributed by atoms with Crippen LogP contribution in [0.4, 0.5) is 17.1 Å². The number of hydrogen-bond donors (Lipinski definition) is 1. The van der Waals surface area contributed by atoms with Gasteiger partial charge in [0.15, 0.2) is 15.8 Å². The van der Waals surface area contributed by atoms with E-state index in [1.54, 1.807) is 30.3 Å². The van der Waals surface area contributed by atoms with Crippen LogP contribution in [0.25, 0.3) is 17.0 Å². The molecule has 1 saturated heterocycles. The number of anilines is 2. The maximum atomic E-state index is 13.3. The zero-order valence-corrected chi connectivity index (χ0v) is 21.7. The van der Waals surface area contributed by atoms with Crippen LogP contribution < -0.4 is 19.7 Å². The Morgan fingerprint density at radius 1 is 1.10 bits per heavy atom. The smallest absolute Gasteiger partial charge is 0.271 e. The summed E-state index contributed by atoms with van der Waals surface area (Å²) >= 11 is 6.55. The molecular weight excluding hydrogens is 540 g/mol. The predicted molar refractivity (Wildman–Crippen MR) is 152 cm³/mol. The van der Waals surface area contributed by atoms with Gasteiger partial charge >= 0.3 is 0 Å². The zero-order valence-electron chi connectivity index (χ0n) is 20.0. The maximum absolute atomic E-state index is 13.3. The topological polar surface area (TPSA) is 116 Å². The quantitative estimate of drug-likeness (QED) is 0.146. The summed E-state index contributed by atoms with van der Waals surface area (Å²) in [5.41, 5.74) is 2.34. The number of ether oxygens (including phenoxy) is 2. The number of benzene rings is 3. The van der Waals surface area contributed by atoms with Crippen LogP contribution in [-0.4, -0.2) is 32.4 Å². The molecule has 0 aliphatic carbocycles. The number of non-ortho nitro benzene ring substituents is 1. The minimum Gasteiger partial charge on any atom is -0.454 e. The number of aromatic nitrogens is 1. The molecule has 4 aromatic rings. The van der Waals surface area contributed by atoms with E-state index in [-0.39, 0.29) is 35.2 Å². The van der Waals surface area contributed by atoms with E-state index in [4.69, 9.17) is 21.7 Å². The summed E-state index contributed by atoms with van der Waals surface area (Å²) in [5.74, 6) is 0.593. The molecule has 194 valence electrons. The summed E-state index contributed by atoms with van der Waals surface area (Å²) in [6, 6.07) is 18.5. The molecule has 1 N–H and O–H groups in total. The molecule has 0 spiro atoms. The van der Waals surface area contributed by atoms with E-state index < -0.39 is 4.92 Å². The van der Waals surface area contributed by atoms with Gasteiger partial charge in [0, 0.05) is 46.5 Å². The summed E-state index contributed by atoms with van der Waals surface area (Å²) in [6.07, 6.45) is 3.54. The number of para-hydroxylation sites is 1. The molecule has 0 saturated carbocycles. The molecule has 1 fully saturated rings. The van der Waals surface area contributed by atoms with Gasteiger partial charge in [-0.1, -0.05) is 48.2 Å². The van der Waals surface area contributed by atoms with Gasteiger partial charge in [-0.3, -0.25) is 24.6 Å². The lowest BCUT2D eigenvalue weighted by molar-refractivity contribution is -0.384. The number of thioether (sulfide) groups is 1. The molecule has 10 nitrogen and oxygen atoms in total. The largest absolute Gasteiger partial charge is 0.454 e. The van der Waals surface area contributed by atoms with Crippen LogP contribution in [0.1, 0.15) is 5.56 Å². The van der Waals surface area contributed by atoms with Gasteiger partial charge in [-0.15, -0.1) is 0 Å². The molecule has 0 radical (unpaired) electrons. The summed E-state index contributed by atoms with van der Waals surface area (Å²) in [6.45, 7) is 0.187. The van der Waals surface area contributed by atoms with Crippen molar-refractivity contribution in [3.63, 3.8) is 0 Å². The predicted octanol–water partition coefficient (Wildman–Crippen LogP) is 5.32. The first-order valence-electron chi connectivity index (χ1n) is 11.7. The van der Waals surface area contributed by atoms with E-state index in [9.17, 15) is 19.7 Å². The number of thiocarbonyl (C=S) groups is 1. The van der Waals surface area contributed by atoms with Crippen molar-refractivity contribution < 1.29 is 24.0 Å². The average Bonchev–Trinajstić information content (AvgIpc) is 3.60. The Kier molecular flexibility index (Phi) is 6.25. The first kappa shape index (κ1) is 24.6. The third kappa shape index (κ3) is 4.71. The lowest BCUT2D eigenvalue weighted by Crippen LogP contribution is -2.27. The van der Waals surface area contributed by atoms with Crippen molar-refractivity contribution in [3.8, 4) is 11.5 Å². The zero-order chi connectivity index (χ0) is 27.1. The fourth-order valence-corrected chi connectivity index (χ4v) is 5.72. The van der Waals surface area contributed by atoms with Gasteiger partial charge in [0.1, 0.15) is 6.54 Å². The summed E-state index contributed by atoms with van der Waals surface area (Å²) in [4.78, 5) is 38.5. The maximum Gasteiger partial charge on any atom is 0.271 e. The van der Waals surface area contributed by atoms with E-state index >= 15 is 0 Å². The molecule has 3 aromatic carbocycles. The van der Waals surface area contributed by atoms with Crippen molar-refractivity contribution in [1.29, 1.82) is 0 Å². The fraction of sp³-hybridized carbons (Fsp3) is 0.0741. The van der Waals surface area contributed by atoms with Crippen molar-refractivity contribution in [2.45, 2.75) is 6.54 Å². The van der Waals surface area contributed by atoms with Crippen LogP contribution in [0.2, 0.25) is 0 Å².